The molecule has 0 aromatic carbocycles. The molecule has 1 saturated heterocycles. The third-order valence-electron chi connectivity index (χ3n) is 5.05. The molecule has 2 fully saturated rings. The SMILES string of the molecule is CCCOC(=O)C1(CCCCOCCCC2CCCCC2)CO1. The Morgan fingerprint density at radius 3 is 2.52 bits per heavy atom. The van der Waals surface area contributed by atoms with Gasteiger partial charge in [-0.1, -0.05) is 39.0 Å². The van der Waals surface area contributed by atoms with Gasteiger partial charge in [0.15, 0.2) is 5.60 Å². The highest BCUT2D eigenvalue weighted by Crippen LogP contribution is 2.34. The van der Waals surface area contributed by atoms with Crippen LogP contribution in [0.5, 0.6) is 0 Å². The first-order chi connectivity index (χ1) is 11.3. The Bertz CT molecular complexity index is 332. The van der Waals surface area contributed by atoms with Crippen molar-refractivity contribution in [2.75, 3.05) is 26.4 Å². The number of epoxide rings is 1. The van der Waals surface area contributed by atoms with Crippen LogP contribution in [0, 0.1) is 5.92 Å². The van der Waals surface area contributed by atoms with Crippen LogP contribution in [-0.4, -0.2) is 38.0 Å². The van der Waals surface area contributed by atoms with Crippen molar-refractivity contribution in [3.63, 3.8) is 0 Å². The molecule has 1 saturated carbocycles. The van der Waals surface area contributed by atoms with Gasteiger partial charge in [0.25, 0.3) is 0 Å². The molecule has 0 amide bonds. The third kappa shape index (κ3) is 6.80. The fourth-order valence-electron chi connectivity index (χ4n) is 3.44. The van der Waals surface area contributed by atoms with Gasteiger partial charge in [-0.2, -0.15) is 0 Å². The maximum absolute atomic E-state index is 11.9. The molecule has 0 aromatic rings. The molecule has 2 rings (SSSR count). The van der Waals surface area contributed by atoms with Gasteiger partial charge in [-0.25, -0.2) is 4.79 Å². The number of ether oxygens (including phenoxy) is 3. The molecule has 0 aromatic heterocycles. The highest BCUT2D eigenvalue weighted by Gasteiger charge is 2.52. The monoisotopic (exact) mass is 326 g/mol. The van der Waals surface area contributed by atoms with Gasteiger partial charge in [-0.3, -0.25) is 0 Å². The Kier molecular flexibility index (Phi) is 8.38. The summed E-state index contributed by atoms with van der Waals surface area (Å²) in [5, 5.41) is 0. The average Bonchev–Trinajstić information content (AvgIpc) is 3.37. The van der Waals surface area contributed by atoms with Gasteiger partial charge >= 0.3 is 5.97 Å². The van der Waals surface area contributed by atoms with E-state index in [-0.39, 0.29) is 5.97 Å². The minimum absolute atomic E-state index is 0.173. The molecule has 0 radical (unpaired) electrons. The normalized spacial score (nSPS) is 24.6. The van der Waals surface area contributed by atoms with E-state index in [0.717, 1.165) is 44.8 Å². The van der Waals surface area contributed by atoms with Crippen LogP contribution in [0.2, 0.25) is 0 Å². The molecule has 4 heteroatoms. The second-order valence-electron chi connectivity index (χ2n) is 7.13. The van der Waals surface area contributed by atoms with E-state index in [4.69, 9.17) is 14.2 Å². The van der Waals surface area contributed by atoms with Gasteiger partial charge < -0.3 is 14.2 Å². The Morgan fingerprint density at radius 1 is 1.09 bits per heavy atom. The van der Waals surface area contributed by atoms with Crippen LogP contribution in [0.1, 0.15) is 77.6 Å². The molecule has 1 unspecified atom stereocenters. The van der Waals surface area contributed by atoms with E-state index in [1.165, 1.54) is 44.9 Å². The summed E-state index contributed by atoms with van der Waals surface area (Å²) in [7, 11) is 0. The van der Waals surface area contributed by atoms with Gasteiger partial charge in [-0.05, 0) is 44.4 Å². The zero-order valence-electron chi connectivity index (χ0n) is 14.8. The minimum atomic E-state index is -0.615. The minimum Gasteiger partial charge on any atom is -0.463 e. The summed E-state index contributed by atoms with van der Waals surface area (Å²) in [5.74, 6) is 0.779. The topological polar surface area (TPSA) is 48.1 Å². The van der Waals surface area contributed by atoms with Crippen molar-refractivity contribution in [2.24, 2.45) is 5.92 Å². The Labute approximate surface area is 141 Å². The molecule has 1 aliphatic heterocycles. The molecule has 1 aliphatic carbocycles. The summed E-state index contributed by atoms with van der Waals surface area (Å²) in [6.07, 6.45) is 13.3. The van der Waals surface area contributed by atoms with Crippen molar-refractivity contribution >= 4 is 5.97 Å². The highest BCUT2D eigenvalue weighted by atomic mass is 16.6. The molecule has 0 N–H and O–H groups in total. The van der Waals surface area contributed by atoms with Crippen molar-refractivity contribution < 1.29 is 19.0 Å². The maximum atomic E-state index is 11.9. The highest BCUT2D eigenvalue weighted by molar-refractivity contribution is 5.82. The molecule has 2 aliphatic rings. The molecule has 0 bridgehead atoms. The van der Waals surface area contributed by atoms with Gasteiger partial charge in [0.2, 0.25) is 0 Å². The lowest BCUT2D eigenvalue weighted by atomic mass is 9.86. The van der Waals surface area contributed by atoms with Crippen LogP contribution in [-0.2, 0) is 19.0 Å². The van der Waals surface area contributed by atoms with Crippen molar-refractivity contribution in [3.05, 3.63) is 0 Å². The van der Waals surface area contributed by atoms with Gasteiger partial charge in [-0.15, -0.1) is 0 Å². The second kappa shape index (κ2) is 10.3. The lowest BCUT2D eigenvalue weighted by molar-refractivity contribution is -0.150. The van der Waals surface area contributed by atoms with Gasteiger partial charge in [0.05, 0.1) is 13.2 Å². The average molecular weight is 326 g/mol. The molecular weight excluding hydrogens is 292 g/mol. The van der Waals surface area contributed by atoms with Crippen LogP contribution in [0.3, 0.4) is 0 Å². The fourth-order valence-corrected chi connectivity index (χ4v) is 3.44. The molecule has 134 valence electrons. The summed E-state index contributed by atoms with van der Waals surface area (Å²) in [5.41, 5.74) is -0.615. The van der Waals surface area contributed by atoms with E-state index >= 15 is 0 Å². The summed E-state index contributed by atoms with van der Waals surface area (Å²) >= 11 is 0. The van der Waals surface area contributed by atoms with Crippen molar-refractivity contribution in [2.45, 2.75) is 83.2 Å². The van der Waals surface area contributed by atoms with E-state index in [1.807, 2.05) is 6.92 Å². The molecule has 1 atom stereocenters. The van der Waals surface area contributed by atoms with Crippen molar-refractivity contribution in [1.82, 2.24) is 0 Å². The largest absolute Gasteiger partial charge is 0.463 e. The van der Waals surface area contributed by atoms with E-state index in [1.54, 1.807) is 0 Å². The Morgan fingerprint density at radius 2 is 1.83 bits per heavy atom. The number of hydrogen-bond acceptors (Lipinski definition) is 4. The second-order valence-corrected chi connectivity index (χ2v) is 7.13. The van der Waals surface area contributed by atoms with Gasteiger partial charge in [0.1, 0.15) is 0 Å². The third-order valence-corrected chi connectivity index (χ3v) is 5.05. The smallest absolute Gasteiger partial charge is 0.340 e. The number of rotatable bonds is 12. The summed E-state index contributed by atoms with van der Waals surface area (Å²) in [6.45, 7) is 4.70. The van der Waals surface area contributed by atoms with Crippen LogP contribution < -0.4 is 0 Å². The predicted molar refractivity (Wildman–Crippen MR) is 90.4 cm³/mol. The Hall–Kier alpha value is -0.610. The molecule has 1 heterocycles. The first-order valence-electron chi connectivity index (χ1n) is 9.66. The molecule has 0 spiro atoms. The molecule has 23 heavy (non-hydrogen) atoms. The number of unbranched alkanes of at least 4 members (excludes halogenated alkanes) is 1. The van der Waals surface area contributed by atoms with Crippen LogP contribution in [0.4, 0.5) is 0 Å². The van der Waals surface area contributed by atoms with E-state index < -0.39 is 5.60 Å². The number of carbonyl (C=O) groups is 1. The first-order valence-corrected chi connectivity index (χ1v) is 9.66. The number of esters is 1. The zero-order valence-corrected chi connectivity index (χ0v) is 14.8. The number of carbonyl (C=O) groups excluding carboxylic acids is 1. The quantitative estimate of drug-likeness (QED) is 0.305. The lowest BCUT2D eigenvalue weighted by Gasteiger charge is -2.21. The van der Waals surface area contributed by atoms with Crippen LogP contribution in [0.15, 0.2) is 0 Å². The standard InChI is InChI=1S/C19H34O4/c1-2-13-22-18(20)19(16-23-19)12-6-7-14-21-15-8-11-17-9-4-3-5-10-17/h17H,2-16H2,1H3. The predicted octanol–water partition coefficient (Wildman–Crippen LogP) is 4.26. The zero-order chi connectivity index (χ0) is 16.4. The number of hydrogen-bond donors (Lipinski definition) is 0. The lowest BCUT2D eigenvalue weighted by Crippen LogP contribution is -2.27. The van der Waals surface area contributed by atoms with Crippen molar-refractivity contribution in [3.8, 4) is 0 Å². The Balaban J connectivity index is 1.41. The molecule has 4 nitrogen and oxygen atoms in total. The van der Waals surface area contributed by atoms with E-state index in [9.17, 15) is 4.79 Å². The van der Waals surface area contributed by atoms with E-state index in [2.05, 4.69) is 0 Å². The van der Waals surface area contributed by atoms with Crippen molar-refractivity contribution in [1.29, 1.82) is 0 Å². The van der Waals surface area contributed by atoms with E-state index in [0.29, 0.717) is 13.2 Å². The summed E-state index contributed by atoms with van der Waals surface area (Å²) in [6, 6.07) is 0. The van der Waals surface area contributed by atoms with Gasteiger partial charge in [0, 0.05) is 13.2 Å². The first kappa shape index (κ1) is 18.7. The molecular formula is C19H34O4. The summed E-state index contributed by atoms with van der Waals surface area (Å²) in [4.78, 5) is 11.9. The summed E-state index contributed by atoms with van der Waals surface area (Å²) < 4.78 is 16.3. The maximum Gasteiger partial charge on any atom is 0.340 e. The fraction of sp³-hybridized carbons (Fsp3) is 0.947. The van der Waals surface area contributed by atoms with Crippen LogP contribution >= 0.6 is 0 Å². The van der Waals surface area contributed by atoms with Crippen LogP contribution in [0.25, 0.3) is 0 Å².